The maximum atomic E-state index is 12.9. The van der Waals surface area contributed by atoms with Gasteiger partial charge in [0, 0.05) is 35.7 Å². The number of nitrogens with one attached hydrogen (secondary N) is 3. The van der Waals surface area contributed by atoms with Crippen LogP contribution >= 0.6 is 0 Å². The number of fused-ring (bicyclic) bond motifs is 1. The van der Waals surface area contributed by atoms with E-state index in [4.69, 9.17) is 0 Å². The van der Waals surface area contributed by atoms with Gasteiger partial charge in [-0.15, -0.1) is 11.7 Å². The number of amides is 3. The second-order valence-corrected chi connectivity index (χ2v) is 7.16. The smallest absolute Gasteiger partial charge is 0.334 e. The zero-order chi connectivity index (χ0) is 24.2. The molecule has 1 aromatic carbocycles. The van der Waals surface area contributed by atoms with Gasteiger partial charge < -0.3 is 16.0 Å². The SMILES string of the molecule is C=CCNC(=O)Nc1ccc(NC(=O)CCc2c(C)nc3nc(C(F)(F)F)nn3c2C)cc1. The molecule has 174 valence electrons. The summed E-state index contributed by atoms with van der Waals surface area (Å²) < 4.78 is 39.8. The number of hydrogen-bond donors (Lipinski definition) is 3. The molecule has 0 fully saturated rings. The Bertz CT molecular complexity index is 1190. The summed E-state index contributed by atoms with van der Waals surface area (Å²) in [5, 5.41) is 11.5. The number of aromatic nitrogens is 4. The summed E-state index contributed by atoms with van der Waals surface area (Å²) in [7, 11) is 0. The predicted molar refractivity (Wildman–Crippen MR) is 116 cm³/mol. The molecule has 0 aliphatic heterocycles. The number of carbonyl (C=O) groups excluding carboxylic acids is 2. The summed E-state index contributed by atoms with van der Waals surface area (Å²) in [4.78, 5) is 31.6. The number of rotatable bonds is 7. The van der Waals surface area contributed by atoms with Crippen molar-refractivity contribution in [2.45, 2.75) is 32.9 Å². The highest BCUT2D eigenvalue weighted by atomic mass is 19.4. The lowest BCUT2D eigenvalue weighted by atomic mass is 10.1. The van der Waals surface area contributed by atoms with E-state index >= 15 is 0 Å². The van der Waals surface area contributed by atoms with Gasteiger partial charge >= 0.3 is 12.2 Å². The molecule has 0 spiro atoms. The summed E-state index contributed by atoms with van der Waals surface area (Å²) in [5.74, 6) is -1.69. The lowest BCUT2D eigenvalue weighted by Gasteiger charge is -2.11. The van der Waals surface area contributed by atoms with Crippen LogP contribution in [-0.2, 0) is 17.4 Å². The zero-order valence-electron chi connectivity index (χ0n) is 18.0. The molecule has 9 nitrogen and oxygen atoms in total. The van der Waals surface area contributed by atoms with Crippen LogP contribution in [0.2, 0.25) is 0 Å². The number of alkyl halides is 3. The van der Waals surface area contributed by atoms with E-state index < -0.39 is 12.0 Å². The molecule has 0 atom stereocenters. The Morgan fingerprint density at radius 2 is 1.73 bits per heavy atom. The Hall–Kier alpha value is -3.96. The summed E-state index contributed by atoms with van der Waals surface area (Å²) >= 11 is 0. The van der Waals surface area contributed by atoms with Crippen molar-refractivity contribution in [3.05, 3.63) is 59.7 Å². The van der Waals surface area contributed by atoms with Crippen LogP contribution in [-0.4, -0.2) is 38.1 Å². The Kier molecular flexibility index (Phi) is 6.95. The number of aryl methyl sites for hydroxylation is 2. The molecule has 0 bridgehead atoms. The molecule has 0 saturated heterocycles. The average Bonchev–Trinajstić information content (AvgIpc) is 3.18. The third kappa shape index (κ3) is 5.84. The van der Waals surface area contributed by atoms with Crippen LogP contribution in [0.4, 0.5) is 29.3 Å². The van der Waals surface area contributed by atoms with Crippen LogP contribution in [0.15, 0.2) is 36.9 Å². The standard InChI is InChI=1S/C21H22F3N7O2/c1-4-11-25-20(33)28-15-7-5-14(6-8-15)27-17(32)10-9-16-12(2)26-19-29-18(21(22,23)24)30-31(19)13(16)3/h4-8H,1,9-11H2,2-3H3,(H,27,32)(H2,25,28,33). The van der Waals surface area contributed by atoms with Gasteiger partial charge in [0.05, 0.1) is 0 Å². The van der Waals surface area contributed by atoms with E-state index in [0.717, 1.165) is 4.52 Å². The third-order valence-corrected chi connectivity index (χ3v) is 4.74. The van der Waals surface area contributed by atoms with Crippen molar-refractivity contribution in [1.29, 1.82) is 0 Å². The minimum Gasteiger partial charge on any atom is -0.334 e. The number of nitrogens with zero attached hydrogens (tertiary/aromatic N) is 4. The van der Waals surface area contributed by atoms with E-state index in [9.17, 15) is 22.8 Å². The van der Waals surface area contributed by atoms with Gasteiger partial charge in [0.25, 0.3) is 11.6 Å². The molecule has 3 rings (SSSR count). The van der Waals surface area contributed by atoms with Gasteiger partial charge in [0.15, 0.2) is 0 Å². The molecule has 3 aromatic rings. The average molecular weight is 461 g/mol. The molecule has 0 unspecified atom stereocenters. The normalized spacial score (nSPS) is 11.3. The molecule has 3 amide bonds. The fourth-order valence-corrected chi connectivity index (χ4v) is 3.13. The second-order valence-electron chi connectivity index (χ2n) is 7.16. The molecular weight excluding hydrogens is 439 g/mol. The van der Waals surface area contributed by atoms with Crippen LogP contribution in [0.5, 0.6) is 0 Å². The molecule has 0 aliphatic carbocycles. The fraction of sp³-hybridized carbons (Fsp3) is 0.286. The van der Waals surface area contributed by atoms with E-state index in [1.165, 1.54) is 0 Å². The zero-order valence-corrected chi connectivity index (χ0v) is 18.0. The fourth-order valence-electron chi connectivity index (χ4n) is 3.13. The van der Waals surface area contributed by atoms with Gasteiger partial charge in [-0.05, 0) is 50.1 Å². The molecule has 2 aromatic heterocycles. The first-order valence-corrected chi connectivity index (χ1v) is 9.94. The monoisotopic (exact) mass is 461 g/mol. The number of anilines is 2. The number of urea groups is 1. The summed E-state index contributed by atoms with van der Waals surface area (Å²) in [6.07, 6.45) is -2.77. The topological polar surface area (TPSA) is 113 Å². The van der Waals surface area contributed by atoms with E-state index in [-0.39, 0.29) is 30.6 Å². The second kappa shape index (κ2) is 9.67. The van der Waals surface area contributed by atoms with Gasteiger partial charge in [-0.2, -0.15) is 18.2 Å². The Labute approximate surface area is 187 Å². The number of carbonyl (C=O) groups is 2. The summed E-state index contributed by atoms with van der Waals surface area (Å²) in [6.45, 7) is 7.11. The number of benzene rings is 1. The molecular formula is C21H22F3N7O2. The minimum absolute atomic E-state index is 0.0830. The maximum absolute atomic E-state index is 12.9. The quantitative estimate of drug-likeness (QED) is 0.465. The first-order valence-electron chi connectivity index (χ1n) is 9.94. The van der Waals surface area contributed by atoms with Gasteiger partial charge in [-0.3, -0.25) is 4.79 Å². The molecule has 0 radical (unpaired) electrons. The van der Waals surface area contributed by atoms with E-state index in [1.807, 2.05) is 0 Å². The summed E-state index contributed by atoms with van der Waals surface area (Å²) in [6, 6.07) is 6.17. The van der Waals surface area contributed by atoms with Crippen molar-refractivity contribution in [3.63, 3.8) is 0 Å². The first kappa shape index (κ1) is 23.7. The predicted octanol–water partition coefficient (Wildman–Crippen LogP) is 3.64. The summed E-state index contributed by atoms with van der Waals surface area (Å²) in [5.41, 5.74) is 2.63. The van der Waals surface area contributed by atoms with Gasteiger partial charge in [-0.25, -0.2) is 14.3 Å². The lowest BCUT2D eigenvalue weighted by Crippen LogP contribution is -2.28. The highest BCUT2D eigenvalue weighted by Gasteiger charge is 2.36. The highest BCUT2D eigenvalue weighted by molar-refractivity contribution is 5.92. The highest BCUT2D eigenvalue weighted by Crippen LogP contribution is 2.27. The Balaban J connectivity index is 1.62. The van der Waals surface area contributed by atoms with Crippen LogP contribution in [0.1, 0.15) is 29.2 Å². The van der Waals surface area contributed by atoms with Crippen LogP contribution in [0.3, 0.4) is 0 Å². The van der Waals surface area contributed by atoms with E-state index in [1.54, 1.807) is 44.2 Å². The van der Waals surface area contributed by atoms with E-state index in [2.05, 4.69) is 37.6 Å². The Morgan fingerprint density at radius 1 is 1.09 bits per heavy atom. The molecule has 0 saturated carbocycles. The Morgan fingerprint density at radius 3 is 2.33 bits per heavy atom. The molecule has 33 heavy (non-hydrogen) atoms. The van der Waals surface area contributed by atoms with Crippen LogP contribution < -0.4 is 16.0 Å². The number of hydrogen-bond acceptors (Lipinski definition) is 5. The first-order chi connectivity index (χ1) is 15.6. The molecule has 0 aliphatic rings. The minimum atomic E-state index is -4.67. The lowest BCUT2D eigenvalue weighted by molar-refractivity contribution is -0.144. The van der Waals surface area contributed by atoms with Crippen LogP contribution in [0, 0.1) is 13.8 Å². The van der Waals surface area contributed by atoms with E-state index in [0.29, 0.717) is 34.9 Å². The largest absolute Gasteiger partial charge is 0.453 e. The van der Waals surface area contributed by atoms with Crippen LogP contribution in [0.25, 0.3) is 5.78 Å². The van der Waals surface area contributed by atoms with Gasteiger partial charge in [0.2, 0.25) is 5.91 Å². The van der Waals surface area contributed by atoms with Crippen molar-refractivity contribution in [2.24, 2.45) is 0 Å². The molecule has 3 N–H and O–H groups in total. The van der Waals surface area contributed by atoms with Crippen molar-refractivity contribution >= 4 is 29.1 Å². The van der Waals surface area contributed by atoms with Crippen molar-refractivity contribution in [3.8, 4) is 0 Å². The van der Waals surface area contributed by atoms with Crippen molar-refractivity contribution in [1.82, 2.24) is 24.9 Å². The molecule has 12 heteroatoms. The maximum Gasteiger partial charge on any atom is 0.453 e. The molecule has 2 heterocycles. The van der Waals surface area contributed by atoms with Crippen molar-refractivity contribution < 1.29 is 22.8 Å². The number of halogens is 3. The van der Waals surface area contributed by atoms with Crippen molar-refractivity contribution in [2.75, 3.05) is 17.2 Å². The van der Waals surface area contributed by atoms with Gasteiger partial charge in [0.1, 0.15) is 0 Å². The van der Waals surface area contributed by atoms with Gasteiger partial charge in [-0.1, -0.05) is 6.08 Å². The third-order valence-electron chi connectivity index (χ3n) is 4.74.